The first kappa shape index (κ1) is 17.3. The fourth-order valence-electron chi connectivity index (χ4n) is 4.69. The minimum absolute atomic E-state index is 0.105. The van der Waals surface area contributed by atoms with Crippen molar-refractivity contribution in [3.05, 3.63) is 71.3 Å². The van der Waals surface area contributed by atoms with Crippen molar-refractivity contribution in [3.8, 4) is 6.07 Å². The minimum atomic E-state index is -0.875. The van der Waals surface area contributed by atoms with E-state index < -0.39 is 11.5 Å². The highest BCUT2D eigenvalue weighted by molar-refractivity contribution is 6.08. The molecule has 0 radical (unpaired) electrons. The quantitative estimate of drug-likeness (QED) is 0.703. The molecule has 144 valence electrons. The Morgan fingerprint density at radius 3 is 2.93 bits per heavy atom. The van der Waals surface area contributed by atoms with Gasteiger partial charge >= 0.3 is 0 Å². The SMILES string of the molecule is Cn1cc([C@@H]2N(C(=O)c3cc(C#N)c[nH]3)CC[C@]23C(=O)Nc2ccccc23)cn1. The first-order valence-electron chi connectivity index (χ1n) is 9.33. The molecule has 3 aromatic rings. The van der Waals surface area contributed by atoms with E-state index in [4.69, 9.17) is 5.26 Å². The number of anilines is 1. The second kappa shape index (κ2) is 6.07. The molecule has 1 fully saturated rings. The van der Waals surface area contributed by atoms with Crippen molar-refractivity contribution < 1.29 is 9.59 Å². The molecule has 2 aromatic heterocycles. The molecule has 0 aliphatic carbocycles. The van der Waals surface area contributed by atoms with Crippen molar-refractivity contribution in [1.29, 1.82) is 5.26 Å². The van der Waals surface area contributed by atoms with Gasteiger partial charge in [0.15, 0.2) is 0 Å². The van der Waals surface area contributed by atoms with Gasteiger partial charge in [0.1, 0.15) is 17.2 Å². The van der Waals surface area contributed by atoms with Crippen LogP contribution < -0.4 is 5.32 Å². The first-order valence-corrected chi connectivity index (χ1v) is 9.33. The number of fused-ring (bicyclic) bond motifs is 2. The molecule has 2 atom stereocenters. The number of aromatic nitrogens is 3. The van der Waals surface area contributed by atoms with Gasteiger partial charge in [-0.05, 0) is 24.1 Å². The van der Waals surface area contributed by atoms with E-state index in [-0.39, 0.29) is 11.8 Å². The molecule has 1 aromatic carbocycles. The molecule has 2 amide bonds. The van der Waals surface area contributed by atoms with Gasteiger partial charge in [-0.15, -0.1) is 0 Å². The van der Waals surface area contributed by atoms with Crippen LogP contribution in [0.2, 0.25) is 0 Å². The van der Waals surface area contributed by atoms with Crippen molar-refractivity contribution in [2.24, 2.45) is 7.05 Å². The molecular formula is C21H18N6O2. The van der Waals surface area contributed by atoms with Crippen LogP contribution in [-0.2, 0) is 17.3 Å². The van der Waals surface area contributed by atoms with Crippen LogP contribution in [0, 0.1) is 11.3 Å². The highest BCUT2D eigenvalue weighted by Gasteiger charge is 2.59. The number of amides is 2. The molecule has 0 saturated carbocycles. The molecule has 1 spiro atoms. The zero-order chi connectivity index (χ0) is 20.2. The monoisotopic (exact) mass is 386 g/mol. The Kier molecular flexibility index (Phi) is 3.61. The van der Waals surface area contributed by atoms with E-state index in [1.54, 1.807) is 15.8 Å². The maximum atomic E-state index is 13.4. The Balaban J connectivity index is 1.65. The van der Waals surface area contributed by atoms with Crippen LogP contribution >= 0.6 is 0 Å². The topological polar surface area (TPSA) is 107 Å². The molecule has 2 aliphatic heterocycles. The van der Waals surface area contributed by atoms with E-state index in [0.29, 0.717) is 24.2 Å². The normalized spacial score (nSPS) is 22.6. The summed E-state index contributed by atoms with van der Waals surface area (Å²) in [5.74, 6) is -0.346. The van der Waals surface area contributed by atoms with Gasteiger partial charge in [-0.1, -0.05) is 18.2 Å². The summed E-state index contributed by atoms with van der Waals surface area (Å²) in [5.41, 5.74) is 2.34. The van der Waals surface area contributed by atoms with Crippen LogP contribution in [-0.4, -0.2) is 38.0 Å². The molecule has 2 N–H and O–H groups in total. The summed E-state index contributed by atoms with van der Waals surface area (Å²) in [7, 11) is 1.81. The number of nitriles is 1. The molecule has 8 nitrogen and oxygen atoms in total. The first-order chi connectivity index (χ1) is 14.0. The zero-order valence-corrected chi connectivity index (χ0v) is 15.7. The van der Waals surface area contributed by atoms with Gasteiger partial charge in [0.05, 0.1) is 17.8 Å². The van der Waals surface area contributed by atoms with Gasteiger partial charge in [-0.2, -0.15) is 10.4 Å². The summed E-state index contributed by atoms with van der Waals surface area (Å²) >= 11 is 0. The third-order valence-electron chi connectivity index (χ3n) is 5.93. The number of benzene rings is 1. The number of likely N-dealkylation sites (tertiary alicyclic amines) is 1. The van der Waals surface area contributed by atoms with Gasteiger partial charge in [-0.25, -0.2) is 0 Å². The number of nitrogens with one attached hydrogen (secondary N) is 2. The zero-order valence-electron chi connectivity index (χ0n) is 15.7. The summed E-state index contributed by atoms with van der Waals surface area (Å²) in [5, 5.41) is 16.4. The molecule has 8 heteroatoms. The third-order valence-corrected chi connectivity index (χ3v) is 5.93. The number of H-pyrrole nitrogens is 1. The van der Waals surface area contributed by atoms with E-state index >= 15 is 0 Å². The van der Waals surface area contributed by atoms with Crippen LogP contribution in [0.5, 0.6) is 0 Å². The number of para-hydroxylation sites is 1. The van der Waals surface area contributed by atoms with E-state index in [2.05, 4.69) is 15.4 Å². The number of nitrogens with zero attached hydrogens (tertiary/aromatic N) is 4. The Bertz CT molecular complexity index is 1190. The molecule has 4 heterocycles. The highest BCUT2D eigenvalue weighted by Crippen LogP contribution is 2.54. The molecule has 2 aliphatic rings. The lowest BCUT2D eigenvalue weighted by atomic mass is 9.73. The van der Waals surface area contributed by atoms with Gasteiger partial charge in [0.2, 0.25) is 5.91 Å². The Labute approximate surface area is 166 Å². The second-order valence-electron chi connectivity index (χ2n) is 7.48. The van der Waals surface area contributed by atoms with Crippen LogP contribution in [0.1, 0.15) is 39.6 Å². The molecule has 0 bridgehead atoms. The smallest absolute Gasteiger partial charge is 0.270 e. The van der Waals surface area contributed by atoms with E-state index in [1.165, 1.54) is 12.3 Å². The van der Waals surface area contributed by atoms with Crippen LogP contribution in [0.4, 0.5) is 5.69 Å². The Morgan fingerprint density at radius 1 is 1.38 bits per heavy atom. The summed E-state index contributed by atoms with van der Waals surface area (Å²) in [6, 6.07) is 10.7. The van der Waals surface area contributed by atoms with Crippen LogP contribution in [0.25, 0.3) is 0 Å². The van der Waals surface area contributed by atoms with E-state index in [9.17, 15) is 9.59 Å². The van der Waals surface area contributed by atoms with Crippen molar-refractivity contribution in [2.75, 3.05) is 11.9 Å². The molecule has 0 unspecified atom stereocenters. The molecular weight excluding hydrogens is 368 g/mol. The van der Waals surface area contributed by atoms with E-state index in [0.717, 1.165) is 16.8 Å². The van der Waals surface area contributed by atoms with Gasteiger partial charge < -0.3 is 15.2 Å². The summed E-state index contributed by atoms with van der Waals surface area (Å²) in [4.78, 5) is 31.2. The van der Waals surface area contributed by atoms with E-state index in [1.807, 2.05) is 43.6 Å². The number of carbonyl (C=O) groups excluding carboxylic acids is 2. The summed E-state index contributed by atoms with van der Waals surface area (Å²) in [6.07, 6.45) is 5.58. The van der Waals surface area contributed by atoms with Gasteiger partial charge in [-0.3, -0.25) is 14.3 Å². The van der Waals surface area contributed by atoms with Gasteiger partial charge in [0, 0.05) is 37.2 Å². The summed E-state index contributed by atoms with van der Waals surface area (Å²) in [6.45, 7) is 0.418. The van der Waals surface area contributed by atoms with Crippen molar-refractivity contribution >= 4 is 17.5 Å². The maximum absolute atomic E-state index is 13.4. The number of aromatic amines is 1. The predicted octanol–water partition coefficient (Wildman–Crippen LogP) is 2.10. The fraction of sp³-hybridized carbons (Fsp3) is 0.238. The third kappa shape index (κ3) is 2.34. The number of aryl methyl sites for hydroxylation is 1. The Hall–Kier alpha value is -3.86. The van der Waals surface area contributed by atoms with Crippen LogP contribution in [0.3, 0.4) is 0 Å². The number of hydrogen-bond acceptors (Lipinski definition) is 4. The largest absolute Gasteiger partial charge is 0.356 e. The summed E-state index contributed by atoms with van der Waals surface area (Å²) < 4.78 is 1.67. The van der Waals surface area contributed by atoms with Crippen LogP contribution in [0.15, 0.2) is 48.9 Å². The lowest BCUT2D eigenvalue weighted by molar-refractivity contribution is -0.121. The standard InChI is InChI=1S/C21H18N6O2/c1-26-12-14(11-24-26)18-21(15-4-2-3-5-16(15)25-20(21)29)6-7-27(18)19(28)17-8-13(9-22)10-23-17/h2-5,8,10-12,18,23H,6-7H2,1H3,(H,25,29)/t18-,21+/m0/s1. The number of hydrogen-bond donors (Lipinski definition) is 2. The fourth-order valence-corrected chi connectivity index (χ4v) is 4.69. The Morgan fingerprint density at radius 2 is 2.21 bits per heavy atom. The molecule has 1 saturated heterocycles. The van der Waals surface area contributed by atoms with Gasteiger partial charge in [0.25, 0.3) is 5.91 Å². The minimum Gasteiger partial charge on any atom is -0.356 e. The second-order valence-corrected chi connectivity index (χ2v) is 7.48. The number of rotatable bonds is 2. The predicted molar refractivity (Wildman–Crippen MR) is 104 cm³/mol. The van der Waals surface area contributed by atoms with Crippen molar-refractivity contribution in [2.45, 2.75) is 17.9 Å². The average Bonchev–Trinajstić information content (AvgIpc) is 3.49. The average molecular weight is 386 g/mol. The number of carbonyl (C=O) groups is 2. The lowest BCUT2D eigenvalue weighted by Gasteiger charge is -2.33. The van der Waals surface area contributed by atoms with Crippen molar-refractivity contribution in [1.82, 2.24) is 19.7 Å². The lowest BCUT2D eigenvalue weighted by Crippen LogP contribution is -2.42. The maximum Gasteiger partial charge on any atom is 0.270 e. The molecule has 5 rings (SSSR count). The van der Waals surface area contributed by atoms with Crippen molar-refractivity contribution in [3.63, 3.8) is 0 Å². The highest BCUT2D eigenvalue weighted by atomic mass is 16.2. The molecule has 29 heavy (non-hydrogen) atoms.